The van der Waals surface area contributed by atoms with Crippen molar-refractivity contribution < 1.29 is 28.9 Å². The van der Waals surface area contributed by atoms with Crippen LogP contribution >= 0.6 is 0 Å². The number of nitrogens with zero attached hydrogens (tertiary/aromatic N) is 5. The number of amides is 1. The normalized spacial score (nSPS) is 20.0. The number of benzene rings is 1. The first-order valence-electron chi connectivity index (χ1n) is 13.6. The number of carboxylic acid groups (broad SMARTS) is 1. The number of methoxy groups -OCH3 is 1. The fraction of sp³-hybridized carbons (Fsp3) is 0.448. The van der Waals surface area contributed by atoms with E-state index in [1.54, 1.807) is 36.9 Å². The van der Waals surface area contributed by atoms with Crippen molar-refractivity contribution in [3.05, 3.63) is 60.9 Å². The molecule has 0 radical (unpaired) electrons. The van der Waals surface area contributed by atoms with Crippen LogP contribution in [0.1, 0.15) is 37.7 Å². The van der Waals surface area contributed by atoms with Crippen LogP contribution in [0.25, 0.3) is 0 Å². The van der Waals surface area contributed by atoms with Gasteiger partial charge < -0.3 is 28.8 Å². The summed E-state index contributed by atoms with van der Waals surface area (Å²) in [7, 11) is 1.55. The highest BCUT2D eigenvalue weighted by molar-refractivity contribution is 5.94. The molecule has 1 saturated heterocycles. The van der Waals surface area contributed by atoms with Crippen LogP contribution in [0.2, 0.25) is 0 Å². The van der Waals surface area contributed by atoms with Crippen LogP contribution in [-0.4, -0.2) is 76.0 Å². The van der Waals surface area contributed by atoms with Gasteiger partial charge in [-0.3, -0.25) is 19.5 Å². The molecule has 1 N–H and O–H groups in total. The number of unbranched alkanes of at least 4 members (excludes halogenated alkanes) is 1. The summed E-state index contributed by atoms with van der Waals surface area (Å²) in [6, 6.07) is 6.98. The third kappa shape index (κ3) is 5.74. The van der Waals surface area contributed by atoms with Gasteiger partial charge in [-0.15, -0.1) is 0 Å². The van der Waals surface area contributed by atoms with Crippen molar-refractivity contribution in [1.82, 2.24) is 19.4 Å². The molecule has 0 aliphatic carbocycles. The van der Waals surface area contributed by atoms with Crippen LogP contribution < -0.4 is 19.1 Å². The van der Waals surface area contributed by atoms with Gasteiger partial charge in [-0.1, -0.05) is 13.3 Å². The fourth-order valence-corrected chi connectivity index (χ4v) is 5.74. The Bertz CT molecular complexity index is 1300. The number of ether oxygens (including phenoxy) is 3. The van der Waals surface area contributed by atoms with Crippen LogP contribution in [0, 0.1) is 5.92 Å². The number of fused-ring (bicyclic) bond motifs is 1. The molecule has 5 rings (SSSR count). The van der Waals surface area contributed by atoms with Crippen LogP contribution in [0.4, 0.5) is 5.69 Å². The monoisotopic (exact) mass is 549 g/mol. The zero-order valence-electron chi connectivity index (χ0n) is 22.8. The van der Waals surface area contributed by atoms with E-state index in [4.69, 9.17) is 14.2 Å². The molecule has 2 aliphatic heterocycles. The van der Waals surface area contributed by atoms with Crippen LogP contribution in [0.5, 0.6) is 17.2 Å². The average molecular weight is 550 g/mol. The summed E-state index contributed by atoms with van der Waals surface area (Å²) in [4.78, 5) is 38.7. The molecule has 3 atom stereocenters. The minimum atomic E-state index is -0.901. The number of carboxylic acids is 1. The number of hydrogen-bond donors (Lipinski definition) is 1. The quantitative estimate of drug-likeness (QED) is 0.362. The van der Waals surface area contributed by atoms with Crippen molar-refractivity contribution in [3.8, 4) is 17.2 Å². The highest BCUT2D eigenvalue weighted by Crippen LogP contribution is 2.47. The second-order valence-corrected chi connectivity index (χ2v) is 10.1. The summed E-state index contributed by atoms with van der Waals surface area (Å²) in [6.07, 6.45) is 11.0. The second-order valence-electron chi connectivity index (χ2n) is 10.1. The van der Waals surface area contributed by atoms with Gasteiger partial charge >= 0.3 is 5.97 Å². The summed E-state index contributed by atoms with van der Waals surface area (Å²) < 4.78 is 18.7. The third-order valence-corrected chi connectivity index (χ3v) is 7.72. The van der Waals surface area contributed by atoms with Gasteiger partial charge in [-0.05, 0) is 42.7 Å². The molecule has 0 spiro atoms. The minimum Gasteiger partial charge on any atom is -0.493 e. The van der Waals surface area contributed by atoms with Crippen molar-refractivity contribution in [1.29, 1.82) is 0 Å². The maximum Gasteiger partial charge on any atom is 0.308 e. The Hall–Kier alpha value is -4.12. The molecule has 40 heavy (non-hydrogen) atoms. The summed E-state index contributed by atoms with van der Waals surface area (Å²) >= 11 is 0. The molecule has 212 valence electrons. The Morgan fingerprint density at radius 2 is 2.10 bits per heavy atom. The van der Waals surface area contributed by atoms with Gasteiger partial charge in [0.2, 0.25) is 18.4 Å². The third-order valence-electron chi connectivity index (χ3n) is 7.72. The molecule has 11 nitrogen and oxygen atoms in total. The van der Waals surface area contributed by atoms with E-state index >= 15 is 0 Å². The highest BCUT2D eigenvalue weighted by atomic mass is 16.7. The average Bonchev–Trinajstić information content (AvgIpc) is 3.72. The standard InChI is InChI=1S/C29H35N5O6/c1-3-4-10-34(21-6-5-8-30-15-21)26(35)17-33-16-22(20-13-24(38-2)28-25(14-20)39-19-40-28)27(29(36)37)23(33)7-11-32-12-9-31-18-32/h5-6,8-9,12-15,18,22-23,27H,3-4,7,10-11,16-17,19H2,1-2H3,(H,36,37)/t22-,23+,27-/m1/s1. The summed E-state index contributed by atoms with van der Waals surface area (Å²) in [5.41, 5.74) is 1.52. The number of pyridine rings is 1. The van der Waals surface area contributed by atoms with Crippen molar-refractivity contribution in [2.24, 2.45) is 5.92 Å². The molecule has 1 aromatic carbocycles. The molecule has 2 aliphatic rings. The van der Waals surface area contributed by atoms with Gasteiger partial charge in [0, 0.05) is 50.2 Å². The zero-order valence-corrected chi connectivity index (χ0v) is 22.8. The molecule has 3 aromatic rings. The van der Waals surface area contributed by atoms with E-state index in [0.29, 0.717) is 43.3 Å². The largest absolute Gasteiger partial charge is 0.493 e. The number of aliphatic carboxylic acids is 1. The molecule has 1 amide bonds. The molecule has 4 heterocycles. The summed E-state index contributed by atoms with van der Waals surface area (Å²) in [5, 5.41) is 10.5. The predicted octanol–water partition coefficient (Wildman–Crippen LogP) is 3.41. The van der Waals surface area contributed by atoms with E-state index in [1.165, 1.54) is 0 Å². The molecule has 2 aromatic heterocycles. The van der Waals surface area contributed by atoms with E-state index in [-0.39, 0.29) is 31.2 Å². The smallest absolute Gasteiger partial charge is 0.308 e. The van der Waals surface area contributed by atoms with Gasteiger partial charge in [0.15, 0.2) is 11.5 Å². The van der Waals surface area contributed by atoms with Crippen LogP contribution in [0.15, 0.2) is 55.4 Å². The Labute approximate surface area is 233 Å². The van der Waals surface area contributed by atoms with E-state index in [9.17, 15) is 14.7 Å². The van der Waals surface area contributed by atoms with Crippen LogP contribution in [0.3, 0.4) is 0 Å². The van der Waals surface area contributed by atoms with Gasteiger partial charge in [0.05, 0.1) is 37.8 Å². The summed E-state index contributed by atoms with van der Waals surface area (Å²) in [6.45, 7) is 3.81. The number of imidazole rings is 1. The molecule has 0 unspecified atom stereocenters. The SMILES string of the molecule is CCCCN(C(=O)CN1C[C@H](c2cc(OC)c3c(c2)OCO3)[C@@H](C(=O)O)[C@@H]1CCn1ccnc1)c1cccnc1. The minimum absolute atomic E-state index is 0.0814. The first-order valence-corrected chi connectivity index (χ1v) is 13.6. The first-order chi connectivity index (χ1) is 19.5. The van der Waals surface area contributed by atoms with Crippen molar-refractivity contribution in [2.45, 2.75) is 44.7 Å². The van der Waals surface area contributed by atoms with Gasteiger partial charge in [0.25, 0.3) is 0 Å². The van der Waals surface area contributed by atoms with Gasteiger partial charge in [0.1, 0.15) is 0 Å². The number of carbonyl (C=O) groups is 2. The highest BCUT2D eigenvalue weighted by Gasteiger charge is 2.47. The molecule has 0 saturated carbocycles. The lowest BCUT2D eigenvalue weighted by molar-refractivity contribution is -0.143. The van der Waals surface area contributed by atoms with Crippen molar-refractivity contribution in [3.63, 3.8) is 0 Å². The molecule has 11 heteroatoms. The van der Waals surface area contributed by atoms with E-state index < -0.39 is 11.9 Å². The zero-order chi connectivity index (χ0) is 28.1. The van der Waals surface area contributed by atoms with Gasteiger partial charge in [-0.25, -0.2) is 4.98 Å². The topological polar surface area (TPSA) is 119 Å². The van der Waals surface area contributed by atoms with Gasteiger partial charge in [-0.2, -0.15) is 0 Å². The number of aromatic nitrogens is 3. The van der Waals surface area contributed by atoms with E-state index in [0.717, 1.165) is 24.1 Å². The number of hydrogen-bond acceptors (Lipinski definition) is 8. The number of rotatable bonds is 12. The van der Waals surface area contributed by atoms with Crippen molar-refractivity contribution in [2.75, 3.05) is 38.4 Å². The van der Waals surface area contributed by atoms with Crippen molar-refractivity contribution >= 4 is 17.6 Å². The Morgan fingerprint density at radius 1 is 1.23 bits per heavy atom. The second kappa shape index (κ2) is 12.4. The number of aryl methyl sites for hydroxylation is 1. The Balaban J connectivity index is 1.46. The maximum absolute atomic E-state index is 13.8. The number of likely N-dealkylation sites (tertiary alicyclic amines) is 1. The Kier molecular flexibility index (Phi) is 8.49. The molecular formula is C29H35N5O6. The van der Waals surface area contributed by atoms with E-state index in [2.05, 4.69) is 16.9 Å². The molecular weight excluding hydrogens is 514 g/mol. The van der Waals surface area contributed by atoms with Crippen LogP contribution in [-0.2, 0) is 16.1 Å². The lowest BCUT2D eigenvalue weighted by Gasteiger charge is -2.29. The maximum atomic E-state index is 13.8. The lowest BCUT2D eigenvalue weighted by atomic mass is 9.84. The fourth-order valence-electron chi connectivity index (χ4n) is 5.74. The summed E-state index contributed by atoms with van der Waals surface area (Å²) in [5.74, 6) is -0.564. The first kappa shape index (κ1) is 27.4. The predicted molar refractivity (Wildman–Crippen MR) is 147 cm³/mol. The molecule has 1 fully saturated rings. The number of anilines is 1. The molecule has 0 bridgehead atoms. The Morgan fingerprint density at radius 3 is 2.80 bits per heavy atom. The lowest BCUT2D eigenvalue weighted by Crippen LogP contribution is -2.45. The van der Waals surface area contributed by atoms with E-state index in [1.807, 2.05) is 39.9 Å². The number of carbonyl (C=O) groups excluding carboxylic acids is 1.